The Kier molecular flexibility index (Phi) is 4.74. The fourth-order valence-corrected chi connectivity index (χ4v) is 2.64. The number of primary amides is 1. The number of hydrogen-bond donors (Lipinski definition) is 2. The number of nitro groups is 1. The molecule has 1 atom stereocenters. The van der Waals surface area contributed by atoms with E-state index in [9.17, 15) is 14.9 Å². The first kappa shape index (κ1) is 15.2. The third-order valence-corrected chi connectivity index (χ3v) is 3.71. The summed E-state index contributed by atoms with van der Waals surface area (Å²) in [7, 11) is 0. The highest BCUT2D eigenvalue weighted by molar-refractivity contribution is 5.77. The predicted molar refractivity (Wildman–Crippen MR) is 79.8 cm³/mol. The number of anilines is 1. The van der Waals surface area contributed by atoms with Gasteiger partial charge in [-0.15, -0.1) is 0 Å². The predicted octanol–water partition coefficient (Wildman–Crippen LogP) is 1.33. The van der Waals surface area contributed by atoms with Crippen LogP contribution in [0.15, 0.2) is 18.2 Å². The lowest BCUT2D eigenvalue weighted by molar-refractivity contribution is -0.384. The molecule has 1 unspecified atom stereocenters. The Morgan fingerprint density at radius 3 is 2.90 bits per heavy atom. The highest BCUT2D eigenvalue weighted by Crippen LogP contribution is 2.27. The molecule has 3 N–H and O–H groups in total. The molecule has 1 amide bonds. The highest BCUT2D eigenvalue weighted by Gasteiger charge is 2.26. The van der Waals surface area contributed by atoms with E-state index >= 15 is 0 Å². The topological polar surface area (TPSA) is 102 Å². The molecule has 0 bridgehead atoms. The molecule has 2 rings (SSSR count). The summed E-state index contributed by atoms with van der Waals surface area (Å²) in [6.07, 6.45) is 0.780. The molecule has 0 aliphatic carbocycles. The Labute approximate surface area is 123 Å². The number of rotatable bonds is 6. The van der Waals surface area contributed by atoms with Crippen molar-refractivity contribution < 1.29 is 9.72 Å². The number of benzene rings is 1. The molecule has 0 radical (unpaired) electrons. The van der Waals surface area contributed by atoms with Crippen molar-refractivity contribution in [1.29, 1.82) is 0 Å². The molecule has 1 saturated heterocycles. The average molecular weight is 292 g/mol. The molecule has 7 heteroatoms. The molecular weight excluding hydrogens is 272 g/mol. The van der Waals surface area contributed by atoms with Gasteiger partial charge in [0.1, 0.15) is 5.69 Å². The molecule has 1 aliphatic heterocycles. The fourth-order valence-electron chi connectivity index (χ4n) is 2.64. The van der Waals surface area contributed by atoms with Gasteiger partial charge in [0.25, 0.3) is 5.69 Å². The minimum Gasteiger partial charge on any atom is -0.380 e. The maximum absolute atomic E-state index is 11.2. The number of likely N-dealkylation sites (tertiary alicyclic amines) is 1. The van der Waals surface area contributed by atoms with Crippen LogP contribution in [-0.2, 0) is 11.3 Å². The van der Waals surface area contributed by atoms with Gasteiger partial charge in [0.05, 0.1) is 10.8 Å². The Morgan fingerprint density at radius 2 is 2.33 bits per heavy atom. The number of nitro benzene ring substituents is 1. The zero-order chi connectivity index (χ0) is 15.4. The van der Waals surface area contributed by atoms with Crippen molar-refractivity contribution in [1.82, 2.24) is 4.90 Å². The first-order valence-electron chi connectivity index (χ1n) is 7.04. The summed E-state index contributed by atoms with van der Waals surface area (Å²) in [6.45, 7) is 4.66. The van der Waals surface area contributed by atoms with Gasteiger partial charge in [-0.1, -0.05) is 6.07 Å². The van der Waals surface area contributed by atoms with Gasteiger partial charge in [-0.2, -0.15) is 0 Å². The molecule has 0 aromatic heterocycles. The average Bonchev–Trinajstić information content (AvgIpc) is 2.88. The first-order chi connectivity index (χ1) is 10.0. The first-order valence-corrected chi connectivity index (χ1v) is 7.04. The van der Waals surface area contributed by atoms with Gasteiger partial charge in [-0.3, -0.25) is 19.8 Å². The molecule has 1 fully saturated rings. The summed E-state index contributed by atoms with van der Waals surface area (Å²) in [4.78, 5) is 23.9. The molecule has 0 saturated carbocycles. The SMILES string of the molecule is CCNc1cc(CN2CCC(C(N)=O)C2)ccc1[N+](=O)[O-]. The molecule has 7 nitrogen and oxygen atoms in total. The fraction of sp³-hybridized carbons (Fsp3) is 0.500. The van der Waals surface area contributed by atoms with Crippen LogP contribution >= 0.6 is 0 Å². The quantitative estimate of drug-likeness (QED) is 0.608. The number of hydrogen-bond acceptors (Lipinski definition) is 5. The second-order valence-electron chi connectivity index (χ2n) is 5.26. The lowest BCUT2D eigenvalue weighted by Gasteiger charge is -2.16. The molecule has 1 aliphatic rings. The second-order valence-corrected chi connectivity index (χ2v) is 5.26. The summed E-state index contributed by atoms with van der Waals surface area (Å²) in [5.41, 5.74) is 6.92. The molecule has 0 spiro atoms. The van der Waals surface area contributed by atoms with Crippen molar-refractivity contribution in [2.75, 3.05) is 25.0 Å². The number of nitrogens with one attached hydrogen (secondary N) is 1. The van der Waals surface area contributed by atoms with Gasteiger partial charge in [0, 0.05) is 25.7 Å². The van der Waals surface area contributed by atoms with Crippen LogP contribution in [0.5, 0.6) is 0 Å². The lowest BCUT2D eigenvalue weighted by Crippen LogP contribution is -2.27. The van der Waals surface area contributed by atoms with Crippen LogP contribution in [0, 0.1) is 16.0 Å². The van der Waals surface area contributed by atoms with Gasteiger partial charge < -0.3 is 11.1 Å². The van der Waals surface area contributed by atoms with Crippen molar-refractivity contribution in [3.8, 4) is 0 Å². The van der Waals surface area contributed by atoms with Crippen LogP contribution < -0.4 is 11.1 Å². The molecule has 114 valence electrons. The number of carbonyl (C=O) groups excluding carboxylic acids is 1. The van der Waals surface area contributed by atoms with Crippen LogP contribution in [0.2, 0.25) is 0 Å². The van der Waals surface area contributed by atoms with Gasteiger partial charge >= 0.3 is 0 Å². The molecule has 1 heterocycles. The summed E-state index contributed by atoms with van der Waals surface area (Å²) in [6, 6.07) is 5.09. The van der Waals surface area contributed by atoms with Crippen LogP contribution in [0.3, 0.4) is 0 Å². The van der Waals surface area contributed by atoms with Crippen LogP contribution in [-0.4, -0.2) is 35.4 Å². The van der Waals surface area contributed by atoms with E-state index in [1.54, 1.807) is 12.1 Å². The van der Waals surface area contributed by atoms with Gasteiger partial charge in [0.2, 0.25) is 5.91 Å². The minimum absolute atomic E-state index is 0.0806. The second kappa shape index (κ2) is 6.53. The Hall–Kier alpha value is -2.15. The van der Waals surface area contributed by atoms with E-state index in [1.165, 1.54) is 6.07 Å². The Balaban J connectivity index is 2.09. The third-order valence-electron chi connectivity index (χ3n) is 3.71. The monoisotopic (exact) mass is 292 g/mol. The lowest BCUT2D eigenvalue weighted by atomic mass is 10.1. The Morgan fingerprint density at radius 1 is 1.57 bits per heavy atom. The van der Waals surface area contributed by atoms with E-state index in [1.807, 2.05) is 6.92 Å². The molecular formula is C14H20N4O3. The maximum Gasteiger partial charge on any atom is 0.292 e. The Bertz CT molecular complexity index is 547. The smallest absolute Gasteiger partial charge is 0.292 e. The minimum atomic E-state index is -0.388. The van der Waals surface area contributed by atoms with Crippen molar-refractivity contribution in [3.05, 3.63) is 33.9 Å². The summed E-state index contributed by atoms with van der Waals surface area (Å²) in [5.74, 6) is -0.342. The number of nitrogens with two attached hydrogens (primary N) is 1. The van der Waals surface area contributed by atoms with E-state index in [2.05, 4.69) is 10.2 Å². The van der Waals surface area contributed by atoms with Gasteiger partial charge in [-0.05, 0) is 31.5 Å². The highest BCUT2D eigenvalue weighted by atomic mass is 16.6. The van der Waals surface area contributed by atoms with E-state index in [0.717, 1.165) is 18.5 Å². The van der Waals surface area contributed by atoms with Crippen molar-refractivity contribution in [2.45, 2.75) is 19.9 Å². The summed E-state index contributed by atoms with van der Waals surface area (Å²) in [5, 5.41) is 14.0. The van der Waals surface area contributed by atoms with Crippen LogP contribution in [0.4, 0.5) is 11.4 Å². The van der Waals surface area contributed by atoms with E-state index in [-0.39, 0.29) is 22.4 Å². The molecule has 21 heavy (non-hydrogen) atoms. The largest absolute Gasteiger partial charge is 0.380 e. The number of amides is 1. The molecule has 1 aromatic rings. The number of nitrogens with zero attached hydrogens (tertiary/aromatic N) is 2. The van der Waals surface area contributed by atoms with Crippen molar-refractivity contribution in [2.24, 2.45) is 11.7 Å². The van der Waals surface area contributed by atoms with Crippen LogP contribution in [0.25, 0.3) is 0 Å². The van der Waals surface area contributed by atoms with Crippen LogP contribution in [0.1, 0.15) is 18.9 Å². The maximum atomic E-state index is 11.2. The normalized spacial score (nSPS) is 18.6. The number of carbonyl (C=O) groups is 1. The van der Waals surface area contributed by atoms with Gasteiger partial charge in [0.15, 0.2) is 0 Å². The van der Waals surface area contributed by atoms with Crippen molar-refractivity contribution in [3.63, 3.8) is 0 Å². The van der Waals surface area contributed by atoms with E-state index in [4.69, 9.17) is 5.73 Å². The molecule has 1 aromatic carbocycles. The van der Waals surface area contributed by atoms with Crippen molar-refractivity contribution >= 4 is 17.3 Å². The van der Waals surface area contributed by atoms with E-state index in [0.29, 0.717) is 25.3 Å². The summed E-state index contributed by atoms with van der Waals surface area (Å²) < 4.78 is 0. The zero-order valence-corrected chi connectivity index (χ0v) is 12.0. The third kappa shape index (κ3) is 3.69. The van der Waals surface area contributed by atoms with Gasteiger partial charge in [-0.25, -0.2) is 0 Å². The van der Waals surface area contributed by atoms with E-state index < -0.39 is 0 Å². The summed E-state index contributed by atoms with van der Waals surface area (Å²) >= 11 is 0. The zero-order valence-electron chi connectivity index (χ0n) is 12.0. The standard InChI is InChI=1S/C14H20N4O3/c1-2-16-12-7-10(3-4-13(12)18(20)21)8-17-6-5-11(9-17)14(15)19/h3-4,7,11,16H,2,5-6,8-9H2,1H3,(H2,15,19).